The largest absolute Gasteiger partial charge is 0.497 e. The van der Waals surface area contributed by atoms with Crippen LogP contribution < -0.4 is 4.74 Å². The van der Waals surface area contributed by atoms with E-state index in [1.165, 1.54) is 18.0 Å². The molecule has 0 fully saturated rings. The van der Waals surface area contributed by atoms with Crippen LogP contribution in [0.1, 0.15) is 0 Å². The van der Waals surface area contributed by atoms with Gasteiger partial charge in [-0.1, -0.05) is 11.8 Å². The molecule has 0 unspecified atom stereocenters. The maximum atomic E-state index is 11.0. The van der Waals surface area contributed by atoms with Gasteiger partial charge in [-0.05, 0) is 12.1 Å². The number of sulfone groups is 1. The average Bonchev–Trinajstić information content (AvgIpc) is 2.68. The Labute approximate surface area is 110 Å². The summed E-state index contributed by atoms with van der Waals surface area (Å²) < 4.78 is 27.2. The Morgan fingerprint density at radius 2 is 2.22 bits per heavy atom. The van der Waals surface area contributed by atoms with Gasteiger partial charge in [-0.3, -0.25) is 0 Å². The minimum Gasteiger partial charge on any atom is -0.497 e. The maximum absolute atomic E-state index is 11.0. The van der Waals surface area contributed by atoms with E-state index in [4.69, 9.17) is 4.74 Å². The summed E-state index contributed by atoms with van der Waals surface area (Å²) in [5.74, 6) is 1.41. The van der Waals surface area contributed by atoms with Crippen molar-refractivity contribution in [2.75, 3.05) is 24.9 Å². The normalized spacial score (nSPS) is 11.9. The molecule has 2 aromatic rings. The van der Waals surface area contributed by atoms with E-state index in [-0.39, 0.29) is 5.75 Å². The smallest absolute Gasteiger partial charge is 0.166 e. The van der Waals surface area contributed by atoms with Gasteiger partial charge in [-0.25, -0.2) is 13.4 Å². The van der Waals surface area contributed by atoms with Gasteiger partial charge in [0.25, 0.3) is 0 Å². The predicted molar refractivity (Wildman–Crippen MR) is 73.1 cm³/mol. The molecular formula is C11H14N2O3S2. The topological polar surface area (TPSA) is 72.0 Å². The first-order valence-corrected chi connectivity index (χ1v) is 8.37. The number of fused-ring (bicyclic) bond motifs is 1. The summed E-state index contributed by atoms with van der Waals surface area (Å²) in [7, 11) is -1.31. The second kappa shape index (κ2) is 5.19. The second-order valence-corrected chi connectivity index (χ2v) is 7.25. The van der Waals surface area contributed by atoms with Gasteiger partial charge in [-0.15, -0.1) is 0 Å². The zero-order valence-electron chi connectivity index (χ0n) is 10.1. The molecule has 0 saturated carbocycles. The maximum Gasteiger partial charge on any atom is 0.166 e. The summed E-state index contributed by atoms with van der Waals surface area (Å²) in [5.41, 5.74) is 1.73. The molecule has 0 bridgehead atoms. The lowest BCUT2D eigenvalue weighted by Gasteiger charge is -1.96. The van der Waals surface area contributed by atoms with Crippen molar-refractivity contribution in [2.45, 2.75) is 5.16 Å². The number of hydrogen-bond donors (Lipinski definition) is 1. The third-order valence-corrected chi connectivity index (χ3v) is 4.44. The number of nitrogens with zero attached hydrogens (tertiary/aromatic N) is 1. The summed E-state index contributed by atoms with van der Waals surface area (Å²) in [4.78, 5) is 7.50. The van der Waals surface area contributed by atoms with Gasteiger partial charge < -0.3 is 9.72 Å². The molecule has 0 aliphatic rings. The number of hydrogen-bond acceptors (Lipinski definition) is 5. The minimum atomic E-state index is -2.92. The van der Waals surface area contributed by atoms with Crippen LogP contribution in [0.4, 0.5) is 0 Å². The van der Waals surface area contributed by atoms with E-state index >= 15 is 0 Å². The lowest BCUT2D eigenvalue weighted by molar-refractivity contribution is 0.415. The van der Waals surface area contributed by atoms with Gasteiger partial charge >= 0.3 is 0 Å². The first-order valence-electron chi connectivity index (χ1n) is 5.32. The van der Waals surface area contributed by atoms with Gasteiger partial charge in [0, 0.05) is 18.1 Å². The number of nitrogens with one attached hydrogen (secondary N) is 1. The Morgan fingerprint density at radius 1 is 1.44 bits per heavy atom. The molecule has 1 aromatic carbocycles. The molecule has 1 N–H and O–H groups in total. The highest BCUT2D eigenvalue weighted by Gasteiger charge is 2.07. The number of methoxy groups -OCH3 is 1. The summed E-state index contributed by atoms with van der Waals surface area (Å²) in [5, 5.41) is 0.724. The number of aromatic amines is 1. The first kappa shape index (κ1) is 13.2. The molecule has 7 heteroatoms. The van der Waals surface area contributed by atoms with Gasteiger partial charge in [-0.2, -0.15) is 0 Å². The lowest BCUT2D eigenvalue weighted by atomic mass is 10.3. The van der Waals surface area contributed by atoms with Crippen LogP contribution in [-0.4, -0.2) is 43.3 Å². The third-order valence-electron chi connectivity index (χ3n) is 2.36. The second-order valence-electron chi connectivity index (χ2n) is 3.90. The fraction of sp³-hybridized carbons (Fsp3) is 0.364. The molecule has 98 valence electrons. The molecule has 1 heterocycles. The standard InChI is InChI=1S/C11H14N2O3S2/c1-16-8-3-4-9-10(7-8)13-11(12-9)17-5-6-18(2,14)15/h3-4,7H,5-6H2,1-2H3,(H,12,13). The van der Waals surface area contributed by atoms with E-state index < -0.39 is 9.84 Å². The molecule has 0 amide bonds. The molecule has 5 nitrogen and oxygen atoms in total. The van der Waals surface area contributed by atoms with E-state index in [0.29, 0.717) is 5.75 Å². The van der Waals surface area contributed by atoms with Crippen LogP contribution in [-0.2, 0) is 9.84 Å². The Hall–Kier alpha value is -1.21. The van der Waals surface area contributed by atoms with Gasteiger partial charge in [0.15, 0.2) is 5.16 Å². The van der Waals surface area contributed by atoms with Crippen molar-refractivity contribution in [3.63, 3.8) is 0 Å². The number of rotatable bonds is 5. The highest BCUT2D eigenvalue weighted by atomic mass is 32.2. The summed E-state index contributed by atoms with van der Waals surface area (Å²) in [6.45, 7) is 0. The van der Waals surface area contributed by atoms with Gasteiger partial charge in [0.2, 0.25) is 0 Å². The summed E-state index contributed by atoms with van der Waals surface area (Å²) in [6, 6.07) is 5.57. The van der Waals surface area contributed by atoms with E-state index in [1.807, 2.05) is 18.2 Å². The number of H-pyrrole nitrogens is 1. The van der Waals surface area contributed by atoms with Gasteiger partial charge in [0.05, 0.1) is 23.9 Å². The quantitative estimate of drug-likeness (QED) is 0.847. The minimum absolute atomic E-state index is 0.151. The molecule has 1 aromatic heterocycles. The molecule has 0 atom stereocenters. The SMILES string of the molecule is COc1ccc2nc(SCCS(C)(=O)=O)[nH]c2c1. The molecule has 0 spiro atoms. The van der Waals surface area contributed by atoms with Crippen molar-refractivity contribution < 1.29 is 13.2 Å². The van der Waals surface area contributed by atoms with E-state index in [1.54, 1.807) is 7.11 Å². The number of ether oxygens (including phenoxy) is 1. The Morgan fingerprint density at radius 3 is 2.89 bits per heavy atom. The third kappa shape index (κ3) is 3.39. The number of thioether (sulfide) groups is 1. The molecule has 18 heavy (non-hydrogen) atoms. The van der Waals surface area contributed by atoms with E-state index in [0.717, 1.165) is 21.9 Å². The van der Waals surface area contributed by atoms with Crippen LogP contribution in [0, 0.1) is 0 Å². The van der Waals surface area contributed by atoms with Crippen LogP contribution >= 0.6 is 11.8 Å². The fourth-order valence-corrected chi connectivity index (χ4v) is 3.53. The van der Waals surface area contributed by atoms with Crippen LogP contribution in [0.3, 0.4) is 0 Å². The van der Waals surface area contributed by atoms with E-state index in [2.05, 4.69) is 9.97 Å². The Bertz CT molecular complexity index is 649. The zero-order chi connectivity index (χ0) is 13.2. The van der Waals surface area contributed by atoms with E-state index in [9.17, 15) is 8.42 Å². The van der Waals surface area contributed by atoms with Crippen LogP contribution in [0.25, 0.3) is 11.0 Å². The van der Waals surface area contributed by atoms with Crippen molar-refractivity contribution >= 4 is 32.6 Å². The van der Waals surface area contributed by atoms with Crippen molar-refractivity contribution in [3.8, 4) is 5.75 Å². The molecule has 0 saturated heterocycles. The lowest BCUT2D eigenvalue weighted by Crippen LogP contribution is -2.04. The molecular weight excluding hydrogens is 272 g/mol. The molecule has 2 rings (SSSR count). The van der Waals surface area contributed by atoms with Crippen molar-refractivity contribution in [1.29, 1.82) is 0 Å². The molecule has 0 aliphatic heterocycles. The highest BCUT2D eigenvalue weighted by Crippen LogP contribution is 2.23. The summed E-state index contributed by atoms with van der Waals surface area (Å²) in [6.07, 6.45) is 1.23. The van der Waals surface area contributed by atoms with Crippen LogP contribution in [0.15, 0.2) is 23.4 Å². The first-order chi connectivity index (χ1) is 8.48. The zero-order valence-corrected chi connectivity index (χ0v) is 11.8. The number of imidazole rings is 1. The van der Waals surface area contributed by atoms with Crippen LogP contribution in [0.5, 0.6) is 5.75 Å². The fourth-order valence-electron chi connectivity index (χ4n) is 1.45. The Kier molecular flexibility index (Phi) is 3.82. The molecule has 0 aliphatic carbocycles. The van der Waals surface area contributed by atoms with Crippen LogP contribution in [0.2, 0.25) is 0 Å². The summed E-state index contributed by atoms with van der Waals surface area (Å²) >= 11 is 1.40. The monoisotopic (exact) mass is 286 g/mol. The number of aromatic nitrogens is 2. The van der Waals surface area contributed by atoms with Crippen molar-refractivity contribution in [2.24, 2.45) is 0 Å². The van der Waals surface area contributed by atoms with Crippen molar-refractivity contribution in [3.05, 3.63) is 18.2 Å². The average molecular weight is 286 g/mol. The number of benzene rings is 1. The molecule has 0 radical (unpaired) electrons. The predicted octanol–water partition coefficient (Wildman–Crippen LogP) is 1.71. The highest BCUT2D eigenvalue weighted by molar-refractivity contribution is 8.00. The Balaban J connectivity index is 2.10. The van der Waals surface area contributed by atoms with Crippen molar-refractivity contribution in [1.82, 2.24) is 9.97 Å². The van der Waals surface area contributed by atoms with Gasteiger partial charge in [0.1, 0.15) is 15.6 Å².